The fraction of sp³-hybridized carbons (Fsp3) is 0.150. The summed E-state index contributed by atoms with van der Waals surface area (Å²) in [4.78, 5) is 0. The van der Waals surface area contributed by atoms with Crippen molar-refractivity contribution in [3.63, 3.8) is 0 Å². The highest BCUT2D eigenvalue weighted by molar-refractivity contribution is 7.92. The third-order valence-electron chi connectivity index (χ3n) is 3.91. The Morgan fingerprint density at radius 3 is 2.39 bits per heavy atom. The normalized spacial score (nSPS) is 10.8. The van der Waals surface area contributed by atoms with Crippen molar-refractivity contribution in [1.82, 2.24) is 10.2 Å². The van der Waals surface area contributed by atoms with E-state index in [2.05, 4.69) is 26.3 Å². The molecule has 0 atom stereocenters. The maximum atomic E-state index is 12.2. The fourth-order valence-corrected chi connectivity index (χ4v) is 3.64. The van der Waals surface area contributed by atoms with Crippen LogP contribution >= 0.6 is 0 Å². The largest absolute Gasteiger partial charge is 0.339 e. The molecule has 1 aromatic heterocycles. The Hall–Kier alpha value is -3.44. The Balaban J connectivity index is 1.54. The summed E-state index contributed by atoms with van der Waals surface area (Å²) in [5.41, 5.74) is 2.33. The van der Waals surface area contributed by atoms with Crippen LogP contribution in [0.3, 0.4) is 0 Å². The molecule has 0 amide bonds. The minimum absolute atomic E-state index is 0.00449. The predicted octanol–water partition coefficient (Wildman–Crippen LogP) is 3.47. The van der Waals surface area contributed by atoms with Crippen LogP contribution in [0, 0.1) is 11.3 Å². The van der Waals surface area contributed by atoms with Gasteiger partial charge >= 0.3 is 0 Å². The highest BCUT2D eigenvalue weighted by atomic mass is 32.2. The lowest BCUT2D eigenvalue weighted by Crippen LogP contribution is -2.18. The number of sulfonamides is 1. The highest BCUT2D eigenvalue weighted by Crippen LogP contribution is 2.16. The molecule has 0 bridgehead atoms. The molecule has 0 aliphatic rings. The standard InChI is InChI=1S/C20H19N5O2S/c21-15-17-8-4-10-18(14-17)22-19-11-12-20(24-23-19)25-28(26,27)13-5-9-16-6-2-1-3-7-16/h1-4,6-8,10-12,14H,5,9,13H2,(H,22,23)(H,24,25). The number of benzene rings is 2. The van der Waals surface area contributed by atoms with Crippen LogP contribution in [0.25, 0.3) is 0 Å². The number of aryl methyl sites for hydroxylation is 1. The lowest BCUT2D eigenvalue weighted by Gasteiger charge is -2.08. The van der Waals surface area contributed by atoms with E-state index in [0.29, 0.717) is 29.9 Å². The van der Waals surface area contributed by atoms with E-state index in [1.165, 1.54) is 6.07 Å². The summed E-state index contributed by atoms with van der Waals surface area (Å²) >= 11 is 0. The highest BCUT2D eigenvalue weighted by Gasteiger charge is 2.11. The number of aromatic nitrogens is 2. The number of anilines is 3. The molecule has 0 saturated carbocycles. The van der Waals surface area contributed by atoms with Crippen LogP contribution in [0.4, 0.5) is 17.3 Å². The number of hydrogen-bond acceptors (Lipinski definition) is 6. The van der Waals surface area contributed by atoms with Gasteiger partial charge < -0.3 is 5.32 Å². The van der Waals surface area contributed by atoms with Crippen molar-refractivity contribution in [2.45, 2.75) is 12.8 Å². The van der Waals surface area contributed by atoms with Crippen molar-refractivity contribution in [3.8, 4) is 6.07 Å². The Kier molecular flexibility index (Phi) is 6.19. The number of nitrogens with one attached hydrogen (secondary N) is 2. The second-order valence-corrected chi connectivity index (χ2v) is 7.97. The van der Waals surface area contributed by atoms with Crippen LogP contribution in [0.15, 0.2) is 66.7 Å². The molecule has 0 spiro atoms. The van der Waals surface area contributed by atoms with Gasteiger partial charge in [0.1, 0.15) is 0 Å². The number of nitriles is 1. The molecule has 3 aromatic rings. The van der Waals surface area contributed by atoms with E-state index in [-0.39, 0.29) is 11.6 Å². The number of nitrogens with zero attached hydrogens (tertiary/aromatic N) is 3. The van der Waals surface area contributed by atoms with E-state index in [1.807, 2.05) is 30.3 Å². The van der Waals surface area contributed by atoms with E-state index in [4.69, 9.17) is 5.26 Å². The van der Waals surface area contributed by atoms with Gasteiger partial charge in [0, 0.05) is 5.69 Å². The first kappa shape index (κ1) is 19.3. The van der Waals surface area contributed by atoms with Crippen LogP contribution in [-0.4, -0.2) is 24.4 Å². The van der Waals surface area contributed by atoms with Gasteiger partial charge in [-0.05, 0) is 48.7 Å². The molecule has 8 heteroatoms. The van der Waals surface area contributed by atoms with Crippen molar-refractivity contribution < 1.29 is 8.42 Å². The van der Waals surface area contributed by atoms with Gasteiger partial charge in [0.05, 0.1) is 17.4 Å². The van der Waals surface area contributed by atoms with Gasteiger partial charge in [-0.3, -0.25) is 4.72 Å². The van der Waals surface area contributed by atoms with Gasteiger partial charge in [-0.25, -0.2) is 8.42 Å². The quantitative estimate of drug-likeness (QED) is 0.607. The molecule has 0 aliphatic carbocycles. The molecule has 0 aliphatic heterocycles. The van der Waals surface area contributed by atoms with Crippen molar-refractivity contribution in [3.05, 3.63) is 77.9 Å². The minimum Gasteiger partial charge on any atom is -0.339 e. The van der Waals surface area contributed by atoms with E-state index < -0.39 is 10.0 Å². The van der Waals surface area contributed by atoms with E-state index in [1.54, 1.807) is 30.3 Å². The fourth-order valence-electron chi connectivity index (χ4n) is 2.59. The zero-order valence-electron chi connectivity index (χ0n) is 15.0. The summed E-state index contributed by atoms with van der Waals surface area (Å²) in [6.07, 6.45) is 1.21. The predicted molar refractivity (Wildman–Crippen MR) is 109 cm³/mol. The summed E-state index contributed by atoms with van der Waals surface area (Å²) in [6, 6.07) is 21.9. The monoisotopic (exact) mass is 393 g/mol. The molecule has 28 heavy (non-hydrogen) atoms. The second-order valence-electron chi connectivity index (χ2n) is 6.13. The second kappa shape index (κ2) is 8.97. The Morgan fingerprint density at radius 2 is 1.68 bits per heavy atom. The van der Waals surface area contributed by atoms with Gasteiger partial charge in [0.25, 0.3) is 0 Å². The topological polar surface area (TPSA) is 108 Å². The smallest absolute Gasteiger partial charge is 0.233 e. The third-order valence-corrected chi connectivity index (χ3v) is 5.26. The van der Waals surface area contributed by atoms with E-state index >= 15 is 0 Å². The molecule has 142 valence electrons. The van der Waals surface area contributed by atoms with Crippen molar-refractivity contribution in [1.29, 1.82) is 5.26 Å². The lowest BCUT2D eigenvalue weighted by atomic mass is 10.1. The average molecular weight is 393 g/mol. The zero-order chi connectivity index (χ0) is 19.8. The van der Waals surface area contributed by atoms with Gasteiger partial charge in [-0.1, -0.05) is 36.4 Å². The maximum absolute atomic E-state index is 12.2. The third kappa shape index (κ3) is 5.79. The Morgan fingerprint density at radius 1 is 0.929 bits per heavy atom. The van der Waals surface area contributed by atoms with Crippen LogP contribution < -0.4 is 10.0 Å². The molecule has 0 fully saturated rings. The lowest BCUT2D eigenvalue weighted by molar-refractivity contribution is 0.598. The zero-order valence-corrected chi connectivity index (χ0v) is 15.9. The van der Waals surface area contributed by atoms with Crippen LogP contribution in [0.5, 0.6) is 0 Å². The van der Waals surface area contributed by atoms with Crippen molar-refractivity contribution >= 4 is 27.3 Å². The summed E-state index contributed by atoms with van der Waals surface area (Å²) in [7, 11) is -3.49. The minimum atomic E-state index is -3.49. The summed E-state index contributed by atoms with van der Waals surface area (Å²) in [6.45, 7) is 0. The Labute approximate surface area is 164 Å². The average Bonchev–Trinajstić information content (AvgIpc) is 2.70. The van der Waals surface area contributed by atoms with Crippen molar-refractivity contribution in [2.75, 3.05) is 15.8 Å². The van der Waals surface area contributed by atoms with E-state index in [0.717, 1.165) is 5.56 Å². The van der Waals surface area contributed by atoms with Gasteiger partial charge in [0.2, 0.25) is 10.0 Å². The summed E-state index contributed by atoms with van der Waals surface area (Å²) in [5, 5.41) is 19.8. The molecular formula is C20H19N5O2S. The molecule has 3 rings (SSSR count). The molecular weight excluding hydrogens is 374 g/mol. The van der Waals surface area contributed by atoms with Crippen molar-refractivity contribution in [2.24, 2.45) is 0 Å². The van der Waals surface area contributed by atoms with Gasteiger partial charge in [-0.15, -0.1) is 10.2 Å². The molecule has 0 unspecified atom stereocenters. The van der Waals surface area contributed by atoms with E-state index in [9.17, 15) is 8.42 Å². The van der Waals surface area contributed by atoms with Crippen LogP contribution in [-0.2, 0) is 16.4 Å². The molecule has 7 nitrogen and oxygen atoms in total. The Bertz CT molecular complexity index is 1060. The molecule has 0 saturated heterocycles. The van der Waals surface area contributed by atoms with Crippen LogP contribution in [0.1, 0.15) is 17.5 Å². The van der Waals surface area contributed by atoms with Gasteiger partial charge in [0.15, 0.2) is 11.6 Å². The molecule has 2 N–H and O–H groups in total. The van der Waals surface area contributed by atoms with Gasteiger partial charge in [-0.2, -0.15) is 5.26 Å². The first-order valence-corrected chi connectivity index (χ1v) is 10.3. The number of rotatable bonds is 8. The van der Waals surface area contributed by atoms with Crippen LogP contribution in [0.2, 0.25) is 0 Å². The SMILES string of the molecule is N#Cc1cccc(Nc2ccc(NS(=O)(=O)CCCc3ccccc3)nn2)c1. The number of hydrogen-bond donors (Lipinski definition) is 2. The first-order chi connectivity index (χ1) is 13.5. The molecule has 0 radical (unpaired) electrons. The molecule has 2 aromatic carbocycles. The molecule has 1 heterocycles. The first-order valence-electron chi connectivity index (χ1n) is 8.69. The summed E-state index contributed by atoms with van der Waals surface area (Å²) in [5.74, 6) is 0.614. The maximum Gasteiger partial charge on any atom is 0.233 e. The summed E-state index contributed by atoms with van der Waals surface area (Å²) < 4.78 is 26.9.